The van der Waals surface area contributed by atoms with Crippen molar-refractivity contribution in [3.05, 3.63) is 64.2 Å². The van der Waals surface area contributed by atoms with Crippen LogP contribution >= 0.6 is 24.0 Å². The molecule has 0 atom stereocenters. The minimum atomic E-state index is -0.759. The first-order chi connectivity index (χ1) is 17.1. The van der Waals surface area contributed by atoms with Crippen LogP contribution in [-0.4, -0.2) is 62.5 Å². The number of carbonyl (C=O) groups is 2. The Morgan fingerprint density at radius 3 is 2.62 bits per heavy atom. The summed E-state index contributed by atoms with van der Waals surface area (Å²) in [6, 6.07) is 8.64. The lowest BCUT2D eigenvalue weighted by molar-refractivity contribution is -0.143. The van der Waals surface area contributed by atoms with Gasteiger partial charge in [0.1, 0.15) is 11.5 Å². The van der Waals surface area contributed by atoms with Crippen molar-refractivity contribution in [1.82, 2.24) is 19.4 Å². The van der Waals surface area contributed by atoms with Crippen molar-refractivity contribution in [3.8, 4) is 0 Å². The highest BCUT2D eigenvalue weighted by Gasteiger charge is 2.39. The molecule has 3 aromatic rings. The Morgan fingerprint density at radius 1 is 1.22 bits per heavy atom. The summed E-state index contributed by atoms with van der Waals surface area (Å²) in [6.07, 6.45) is 2.86. The average Bonchev–Trinajstić information content (AvgIpc) is 3.15. The molecule has 2 aromatic heterocycles. The normalized spacial score (nSPS) is 17.9. The Bertz CT molecular complexity index is 1330. The molecular formula is C27H31Cl2FN4O3. The summed E-state index contributed by atoms with van der Waals surface area (Å²) in [5, 5.41) is 10.6. The predicted octanol–water partition coefficient (Wildman–Crippen LogP) is 4.72. The molecule has 0 aliphatic carbocycles. The third kappa shape index (κ3) is 5.33. The van der Waals surface area contributed by atoms with E-state index in [0.29, 0.717) is 49.6 Å². The first-order valence-electron chi connectivity index (χ1n) is 12.3. The summed E-state index contributed by atoms with van der Waals surface area (Å²) in [5.74, 6) is -1.44. The van der Waals surface area contributed by atoms with E-state index in [9.17, 15) is 19.1 Å². The summed E-state index contributed by atoms with van der Waals surface area (Å²) in [4.78, 5) is 33.2. The van der Waals surface area contributed by atoms with Gasteiger partial charge < -0.3 is 14.6 Å². The van der Waals surface area contributed by atoms with Crippen LogP contribution in [0, 0.1) is 11.7 Å². The second-order valence-electron chi connectivity index (χ2n) is 10.5. The van der Waals surface area contributed by atoms with E-state index in [4.69, 9.17) is 11.6 Å². The van der Waals surface area contributed by atoms with Gasteiger partial charge in [-0.25, -0.2) is 9.37 Å². The number of piperidine rings is 1. The molecule has 10 heteroatoms. The van der Waals surface area contributed by atoms with Gasteiger partial charge in [-0.3, -0.25) is 14.5 Å². The van der Waals surface area contributed by atoms with E-state index in [1.165, 1.54) is 6.07 Å². The number of likely N-dealkylation sites (tertiary alicyclic amines) is 1. The van der Waals surface area contributed by atoms with Gasteiger partial charge in [0.05, 0.1) is 25.6 Å². The minimum Gasteiger partial charge on any atom is -0.481 e. The van der Waals surface area contributed by atoms with Crippen LogP contribution in [-0.2, 0) is 28.1 Å². The van der Waals surface area contributed by atoms with E-state index in [0.717, 1.165) is 22.3 Å². The molecule has 198 valence electrons. The Kier molecular flexibility index (Phi) is 7.83. The molecule has 1 N–H and O–H groups in total. The van der Waals surface area contributed by atoms with Gasteiger partial charge >= 0.3 is 5.97 Å². The fourth-order valence-electron chi connectivity index (χ4n) is 5.73. The van der Waals surface area contributed by atoms with Crippen LogP contribution in [0.25, 0.3) is 11.0 Å². The zero-order valence-electron chi connectivity index (χ0n) is 20.9. The zero-order valence-corrected chi connectivity index (χ0v) is 22.5. The molecule has 0 saturated carbocycles. The van der Waals surface area contributed by atoms with Crippen LogP contribution in [0.1, 0.15) is 43.5 Å². The third-order valence-electron chi connectivity index (χ3n) is 7.52. The number of aromatic nitrogens is 2. The van der Waals surface area contributed by atoms with Crippen LogP contribution < -0.4 is 0 Å². The lowest BCUT2D eigenvalue weighted by Gasteiger charge is -2.40. The maximum absolute atomic E-state index is 14.7. The van der Waals surface area contributed by atoms with E-state index in [-0.39, 0.29) is 48.6 Å². The number of nitrogens with zero attached hydrogens (tertiary/aromatic N) is 4. The second kappa shape index (κ2) is 10.6. The average molecular weight is 549 g/mol. The SMILES string of the molecule is CC1(C)CN(C(=O)CN2CCC(C(=O)O)CC2)Cc2c1c1cccnc1n2Cc1ccc(Cl)cc1F.Cl. The first-order valence-corrected chi connectivity index (χ1v) is 12.7. The van der Waals surface area contributed by atoms with Crippen molar-refractivity contribution in [2.45, 2.75) is 45.2 Å². The van der Waals surface area contributed by atoms with Gasteiger partial charge in [0.15, 0.2) is 0 Å². The number of carbonyl (C=O) groups excluding carboxylic acids is 1. The molecule has 1 aromatic carbocycles. The topological polar surface area (TPSA) is 78.7 Å². The molecule has 0 bridgehead atoms. The number of benzene rings is 1. The number of hydrogen-bond acceptors (Lipinski definition) is 4. The van der Waals surface area contributed by atoms with Crippen LogP contribution in [0.5, 0.6) is 0 Å². The molecular weight excluding hydrogens is 518 g/mol. The van der Waals surface area contributed by atoms with Crippen LogP contribution in [0.3, 0.4) is 0 Å². The number of rotatable bonds is 5. The summed E-state index contributed by atoms with van der Waals surface area (Å²) >= 11 is 5.97. The molecule has 1 amide bonds. The number of amides is 1. The third-order valence-corrected chi connectivity index (χ3v) is 7.76. The van der Waals surface area contributed by atoms with Crippen molar-refractivity contribution >= 4 is 46.9 Å². The first kappa shape index (κ1) is 27.4. The number of carboxylic acid groups (broad SMARTS) is 1. The number of aliphatic carboxylic acids is 1. The van der Waals surface area contributed by atoms with Crippen LogP contribution in [0.15, 0.2) is 36.5 Å². The van der Waals surface area contributed by atoms with Gasteiger partial charge in [0, 0.05) is 39.8 Å². The smallest absolute Gasteiger partial charge is 0.306 e. The number of hydrogen-bond donors (Lipinski definition) is 1. The number of halogens is 3. The standard InChI is InChI=1S/C27H30ClFN4O3.ClH/c1-27(2)16-32(23(34)15-31-10-7-17(8-11-31)26(35)36)14-22-24(27)20-4-3-9-30-25(20)33(22)13-18-5-6-19(28)12-21(18)29;/h3-6,9,12,17H,7-8,10-11,13-16H2,1-2H3,(H,35,36);1H. The van der Waals surface area contributed by atoms with Gasteiger partial charge in [-0.15, -0.1) is 12.4 Å². The molecule has 0 spiro atoms. The maximum Gasteiger partial charge on any atom is 0.306 e. The molecule has 0 radical (unpaired) electrons. The minimum absolute atomic E-state index is 0. The number of carboxylic acids is 1. The van der Waals surface area contributed by atoms with Gasteiger partial charge in [0.25, 0.3) is 0 Å². The molecule has 5 rings (SSSR count). The highest BCUT2D eigenvalue weighted by atomic mass is 35.5. The fraction of sp³-hybridized carbons (Fsp3) is 0.444. The Labute approximate surface area is 226 Å². The Hall–Kier alpha value is -2.68. The Balaban J connectivity index is 0.00000320. The van der Waals surface area contributed by atoms with Crippen molar-refractivity contribution in [3.63, 3.8) is 0 Å². The highest BCUT2D eigenvalue weighted by Crippen LogP contribution is 2.40. The van der Waals surface area contributed by atoms with E-state index in [2.05, 4.69) is 18.8 Å². The summed E-state index contributed by atoms with van der Waals surface area (Å²) in [7, 11) is 0. The van der Waals surface area contributed by atoms with Crippen molar-refractivity contribution < 1.29 is 19.1 Å². The molecule has 2 aliphatic rings. The van der Waals surface area contributed by atoms with E-state index < -0.39 is 5.97 Å². The van der Waals surface area contributed by atoms with Crippen LogP contribution in [0.2, 0.25) is 5.02 Å². The lowest BCUT2D eigenvalue weighted by Crippen LogP contribution is -2.49. The van der Waals surface area contributed by atoms with E-state index >= 15 is 0 Å². The fourth-order valence-corrected chi connectivity index (χ4v) is 5.89. The van der Waals surface area contributed by atoms with Crippen LogP contribution in [0.4, 0.5) is 4.39 Å². The summed E-state index contributed by atoms with van der Waals surface area (Å²) < 4.78 is 16.8. The molecule has 2 aliphatic heterocycles. The quantitative estimate of drug-likeness (QED) is 0.499. The van der Waals surface area contributed by atoms with E-state index in [1.54, 1.807) is 18.3 Å². The van der Waals surface area contributed by atoms with Gasteiger partial charge in [0.2, 0.25) is 5.91 Å². The molecule has 1 saturated heterocycles. The molecule has 0 unspecified atom stereocenters. The number of fused-ring (bicyclic) bond motifs is 3. The Morgan fingerprint density at radius 2 is 1.95 bits per heavy atom. The lowest BCUT2D eigenvalue weighted by atomic mass is 9.79. The van der Waals surface area contributed by atoms with Gasteiger partial charge in [-0.05, 0) is 55.8 Å². The van der Waals surface area contributed by atoms with Crippen molar-refractivity contribution in [2.24, 2.45) is 5.92 Å². The molecule has 4 heterocycles. The van der Waals surface area contributed by atoms with Gasteiger partial charge in [-0.1, -0.05) is 31.5 Å². The zero-order chi connectivity index (χ0) is 25.6. The largest absolute Gasteiger partial charge is 0.481 e. The molecule has 37 heavy (non-hydrogen) atoms. The monoisotopic (exact) mass is 548 g/mol. The summed E-state index contributed by atoms with van der Waals surface area (Å²) in [5.41, 5.74) is 3.06. The second-order valence-corrected chi connectivity index (χ2v) is 11.0. The number of pyridine rings is 1. The van der Waals surface area contributed by atoms with Crippen molar-refractivity contribution in [2.75, 3.05) is 26.2 Å². The predicted molar refractivity (Wildman–Crippen MR) is 143 cm³/mol. The van der Waals surface area contributed by atoms with Crippen molar-refractivity contribution in [1.29, 1.82) is 0 Å². The molecule has 1 fully saturated rings. The van der Waals surface area contributed by atoms with Gasteiger partial charge in [-0.2, -0.15) is 0 Å². The van der Waals surface area contributed by atoms with E-state index in [1.807, 2.05) is 26.5 Å². The molecule has 7 nitrogen and oxygen atoms in total. The summed E-state index contributed by atoms with van der Waals surface area (Å²) in [6.45, 7) is 6.99. The highest BCUT2D eigenvalue weighted by molar-refractivity contribution is 6.30. The maximum atomic E-state index is 14.7.